The Bertz CT molecular complexity index is 501. The average Bonchev–Trinajstić information content (AvgIpc) is 2.86. The molecule has 2 rings (SSSR count). The van der Waals surface area contributed by atoms with Crippen molar-refractivity contribution in [2.45, 2.75) is 59.1 Å². The van der Waals surface area contributed by atoms with Crippen LogP contribution in [0.3, 0.4) is 0 Å². The zero-order chi connectivity index (χ0) is 15.6. The average molecular weight is 311 g/mol. The topological polar surface area (TPSA) is 55.3 Å². The lowest BCUT2D eigenvalue weighted by atomic mass is 9.63. The van der Waals surface area contributed by atoms with Crippen LogP contribution < -0.4 is 0 Å². The van der Waals surface area contributed by atoms with Gasteiger partial charge in [-0.15, -0.1) is 5.10 Å². The Labute approximate surface area is 130 Å². The summed E-state index contributed by atoms with van der Waals surface area (Å²) in [5.41, 5.74) is 0.703. The van der Waals surface area contributed by atoms with E-state index in [0.717, 1.165) is 25.9 Å². The van der Waals surface area contributed by atoms with E-state index in [-0.39, 0.29) is 23.5 Å². The molecule has 21 heavy (non-hydrogen) atoms. The minimum Gasteiger partial charge on any atom is -0.378 e. The first-order valence-electron chi connectivity index (χ1n) is 7.57. The third-order valence-electron chi connectivity index (χ3n) is 4.58. The molecule has 6 heteroatoms. The Hall–Kier alpha value is -1.01. The molecule has 0 radical (unpaired) electrons. The van der Waals surface area contributed by atoms with Gasteiger partial charge in [-0.05, 0) is 31.3 Å². The van der Waals surface area contributed by atoms with Crippen molar-refractivity contribution in [3.63, 3.8) is 0 Å². The van der Waals surface area contributed by atoms with Gasteiger partial charge in [0.15, 0.2) is 0 Å². The second kappa shape index (κ2) is 6.40. The summed E-state index contributed by atoms with van der Waals surface area (Å²) in [5, 5.41) is 3.92. The van der Waals surface area contributed by atoms with E-state index in [0.29, 0.717) is 10.6 Å². The molecule has 0 bridgehead atoms. The van der Waals surface area contributed by atoms with E-state index in [1.165, 1.54) is 11.5 Å². The van der Waals surface area contributed by atoms with Gasteiger partial charge in [0.05, 0.1) is 11.8 Å². The van der Waals surface area contributed by atoms with E-state index in [4.69, 9.17) is 4.74 Å². The molecule has 0 aliphatic heterocycles. The summed E-state index contributed by atoms with van der Waals surface area (Å²) in [6, 6.07) is 0.207. The number of nitrogens with zero attached hydrogens (tertiary/aromatic N) is 3. The van der Waals surface area contributed by atoms with Crippen molar-refractivity contribution >= 4 is 17.4 Å². The third-order valence-corrected chi connectivity index (χ3v) is 5.39. The van der Waals surface area contributed by atoms with Crippen LogP contribution in [0.25, 0.3) is 0 Å². The number of hydrogen-bond acceptors (Lipinski definition) is 5. The van der Waals surface area contributed by atoms with Gasteiger partial charge in [0.2, 0.25) is 0 Å². The maximum absolute atomic E-state index is 12.5. The molecule has 0 spiro atoms. The second-order valence-electron chi connectivity index (χ2n) is 6.39. The van der Waals surface area contributed by atoms with Crippen molar-refractivity contribution in [2.24, 2.45) is 5.41 Å². The Morgan fingerprint density at radius 1 is 1.52 bits per heavy atom. The van der Waals surface area contributed by atoms with Crippen LogP contribution in [0.2, 0.25) is 0 Å². The third kappa shape index (κ3) is 3.11. The smallest absolute Gasteiger partial charge is 0.267 e. The predicted molar refractivity (Wildman–Crippen MR) is 83.6 cm³/mol. The number of aromatic nitrogens is 2. The Kier molecular flexibility index (Phi) is 4.99. The summed E-state index contributed by atoms with van der Waals surface area (Å²) in [5.74, 6) is 0.0209. The minimum absolute atomic E-state index is 0.00975. The van der Waals surface area contributed by atoms with Crippen LogP contribution in [0.5, 0.6) is 0 Å². The highest BCUT2D eigenvalue weighted by Crippen LogP contribution is 2.46. The molecule has 1 saturated carbocycles. The largest absolute Gasteiger partial charge is 0.378 e. The van der Waals surface area contributed by atoms with E-state index in [1.54, 1.807) is 0 Å². The van der Waals surface area contributed by atoms with Gasteiger partial charge < -0.3 is 9.64 Å². The van der Waals surface area contributed by atoms with Crippen LogP contribution >= 0.6 is 11.5 Å². The summed E-state index contributed by atoms with van der Waals surface area (Å²) >= 11 is 1.17. The highest BCUT2D eigenvalue weighted by Gasteiger charge is 2.52. The fraction of sp³-hybridized carbons (Fsp3) is 0.800. The number of amides is 1. The fourth-order valence-corrected chi connectivity index (χ4v) is 3.54. The molecule has 118 valence electrons. The van der Waals surface area contributed by atoms with E-state index in [1.807, 2.05) is 18.9 Å². The lowest BCUT2D eigenvalue weighted by Gasteiger charge is -2.54. The van der Waals surface area contributed by atoms with Gasteiger partial charge in [-0.25, -0.2) is 0 Å². The zero-order valence-electron chi connectivity index (χ0n) is 13.5. The van der Waals surface area contributed by atoms with Gasteiger partial charge in [0, 0.05) is 25.1 Å². The van der Waals surface area contributed by atoms with Gasteiger partial charge in [0.25, 0.3) is 5.91 Å². The molecule has 1 heterocycles. The number of ether oxygens (including phenoxy) is 1. The van der Waals surface area contributed by atoms with Crippen molar-refractivity contribution < 1.29 is 9.53 Å². The van der Waals surface area contributed by atoms with Gasteiger partial charge in [-0.3, -0.25) is 4.79 Å². The van der Waals surface area contributed by atoms with E-state index in [2.05, 4.69) is 30.4 Å². The SMILES string of the molecule is CCCCO[C@@H]1C[C@H](N(C)C(=O)c2snnc2C)C1(C)C. The Balaban J connectivity index is 1.97. The number of carbonyl (C=O) groups excluding carboxylic acids is 1. The van der Waals surface area contributed by atoms with Crippen LogP contribution in [-0.4, -0.2) is 46.2 Å². The molecule has 1 aromatic rings. The molecule has 0 unspecified atom stereocenters. The highest BCUT2D eigenvalue weighted by molar-refractivity contribution is 7.07. The number of hydrogen-bond donors (Lipinski definition) is 0. The summed E-state index contributed by atoms with van der Waals surface area (Å²) < 4.78 is 9.80. The van der Waals surface area contributed by atoms with Crippen LogP contribution in [0, 0.1) is 12.3 Å². The lowest BCUT2D eigenvalue weighted by Crippen LogP contribution is -2.62. The van der Waals surface area contributed by atoms with E-state index < -0.39 is 0 Å². The summed E-state index contributed by atoms with van der Waals surface area (Å²) in [7, 11) is 1.87. The quantitative estimate of drug-likeness (QED) is 0.758. The molecular formula is C15H25N3O2S. The maximum atomic E-state index is 12.5. The molecule has 0 aromatic carbocycles. The van der Waals surface area contributed by atoms with Crippen LogP contribution in [0.15, 0.2) is 0 Å². The van der Waals surface area contributed by atoms with Crippen molar-refractivity contribution in [3.8, 4) is 0 Å². The number of unbranched alkanes of at least 4 members (excludes halogenated alkanes) is 1. The number of carbonyl (C=O) groups is 1. The fourth-order valence-electron chi connectivity index (χ4n) is 2.90. The predicted octanol–water partition coefficient (Wildman–Crippen LogP) is 2.90. The normalized spacial score (nSPS) is 23.7. The Morgan fingerprint density at radius 3 is 2.76 bits per heavy atom. The van der Waals surface area contributed by atoms with Gasteiger partial charge in [0.1, 0.15) is 4.88 Å². The molecule has 1 aliphatic rings. The molecule has 0 N–H and O–H groups in total. The van der Waals surface area contributed by atoms with E-state index >= 15 is 0 Å². The van der Waals surface area contributed by atoms with Gasteiger partial charge in [-0.2, -0.15) is 0 Å². The minimum atomic E-state index is -0.00975. The van der Waals surface area contributed by atoms with Crippen molar-refractivity contribution in [3.05, 3.63) is 10.6 Å². The number of aryl methyl sites for hydroxylation is 1. The van der Waals surface area contributed by atoms with Gasteiger partial charge >= 0.3 is 0 Å². The highest BCUT2D eigenvalue weighted by atomic mass is 32.1. The van der Waals surface area contributed by atoms with Crippen LogP contribution in [0.4, 0.5) is 0 Å². The molecule has 5 nitrogen and oxygen atoms in total. The molecule has 1 fully saturated rings. The summed E-state index contributed by atoms with van der Waals surface area (Å²) in [4.78, 5) is 15.0. The van der Waals surface area contributed by atoms with Crippen molar-refractivity contribution in [2.75, 3.05) is 13.7 Å². The zero-order valence-corrected chi connectivity index (χ0v) is 14.4. The Morgan fingerprint density at radius 2 is 2.24 bits per heavy atom. The standard InChI is InChI=1S/C15H25N3O2S/c1-6-7-8-20-12-9-11(15(12,3)4)18(5)14(19)13-10(2)16-17-21-13/h11-12H,6-9H2,1-5H3/t11-,12+/m0/s1. The first-order chi connectivity index (χ1) is 9.89. The van der Waals surface area contributed by atoms with Crippen molar-refractivity contribution in [1.82, 2.24) is 14.5 Å². The molecule has 1 aromatic heterocycles. The molecule has 0 saturated heterocycles. The summed E-state index contributed by atoms with van der Waals surface area (Å²) in [6.45, 7) is 9.16. The van der Waals surface area contributed by atoms with Crippen LogP contribution in [0.1, 0.15) is 55.4 Å². The van der Waals surface area contributed by atoms with E-state index in [9.17, 15) is 4.79 Å². The second-order valence-corrected chi connectivity index (χ2v) is 7.14. The molecule has 1 aliphatic carbocycles. The number of rotatable bonds is 6. The first-order valence-corrected chi connectivity index (χ1v) is 8.34. The monoisotopic (exact) mass is 311 g/mol. The van der Waals surface area contributed by atoms with Crippen molar-refractivity contribution in [1.29, 1.82) is 0 Å². The first kappa shape index (κ1) is 16.4. The van der Waals surface area contributed by atoms with Crippen LogP contribution in [-0.2, 0) is 4.74 Å². The van der Waals surface area contributed by atoms with Gasteiger partial charge in [-0.1, -0.05) is 31.7 Å². The lowest BCUT2D eigenvalue weighted by molar-refractivity contribution is -0.140. The summed E-state index contributed by atoms with van der Waals surface area (Å²) in [6.07, 6.45) is 3.39. The molecule has 1 amide bonds. The molecular weight excluding hydrogens is 286 g/mol. The molecule has 2 atom stereocenters. The maximum Gasteiger partial charge on any atom is 0.267 e.